The van der Waals surface area contributed by atoms with E-state index in [1.807, 2.05) is 12.1 Å². The smallest absolute Gasteiger partial charge is 0.196 e. The molecule has 1 heterocycles. The molecule has 4 nitrogen and oxygen atoms in total. The Labute approximate surface area is 201 Å². The van der Waals surface area contributed by atoms with Crippen LogP contribution in [0.1, 0.15) is 43.0 Å². The first-order valence-corrected chi connectivity index (χ1v) is 12.1. The monoisotopic (exact) mass is 457 g/mol. The third kappa shape index (κ3) is 5.14. The Kier molecular flexibility index (Phi) is 6.61. The molecule has 0 saturated heterocycles. The quantitative estimate of drug-likeness (QED) is 0.288. The fourth-order valence-electron chi connectivity index (χ4n) is 3.73. The van der Waals surface area contributed by atoms with Crippen molar-refractivity contribution in [3.8, 4) is 22.8 Å². The standard InChI is InChI=1S/C28H31N3OS/c1-19-7-8-20(2)22(17-19)18-33-27-30-29-26(21-9-11-23(12-10-21)28(3,4)5)31(27)24-13-15-25(32-6)16-14-24/h7-17H,18H2,1-6H3. The summed E-state index contributed by atoms with van der Waals surface area (Å²) < 4.78 is 7.50. The van der Waals surface area contributed by atoms with Gasteiger partial charge in [0.15, 0.2) is 11.0 Å². The summed E-state index contributed by atoms with van der Waals surface area (Å²) in [6, 6.07) is 23.3. The molecule has 3 aromatic carbocycles. The first-order chi connectivity index (χ1) is 15.8. The van der Waals surface area contributed by atoms with E-state index in [9.17, 15) is 0 Å². The van der Waals surface area contributed by atoms with Gasteiger partial charge in [-0.05, 0) is 60.2 Å². The summed E-state index contributed by atoms with van der Waals surface area (Å²) in [6.45, 7) is 11.0. The summed E-state index contributed by atoms with van der Waals surface area (Å²) in [4.78, 5) is 0. The molecule has 0 radical (unpaired) electrons. The van der Waals surface area contributed by atoms with Gasteiger partial charge in [-0.2, -0.15) is 0 Å². The van der Waals surface area contributed by atoms with Gasteiger partial charge in [-0.1, -0.05) is 80.6 Å². The van der Waals surface area contributed by atoms with E-state index in [1.165, 1.54) is 22.3 Å². The van der Waals surface area contributed by atoms with Gasteiger partial charge in [-0.25, -0.2) is 0 Å². The number of benzene rings is 3. The van der Waals surface area contributed by atoms with Gasteiger partial charge in [0, 0.05) is 17.0 Å². The second kappa shape index (κ2) is 9.44. The number of hydrogen-bond acceptors (Lipinski definition) is 4. The molecule has 1 aromatic heterocycles. The first kappa shape index (κ1) is 23.1. The Bertz CT molecular complexity index is 1240. The highest BCUT2D eigenvalue weighted by Crippen LogP contribution is 2.32. The fraction of sp³-hybridized carbons (Fsp3) is 0.286. The Morgan fingerprint density at radius 1 is 0.879 bits per heavy atom. The van der Waals surface area contributed by atoms with Crippen LogP contribution in [0.15, 0.2) is 71.9 Å². The summed E-state index contributed by atoms with van der Waals surface area (Å²) in [7, 11) is 1.68. The van der Waals surface area contributed by atoms with Crippen LogP contribution in [-0.2, 0) is 11.2 Å². The average molecular weight is 458 g/mol. The number of methoxy groups -OCH3 is 1. The van der Waals surface area contributed by atoms with Crippen molar-refractivity contribution >= 4 is 11.8 Å². The van der Waals surface area contributed by atoms with E-state index >= 15 is 0 Å². The largest absolute Gasteiger partial charge is 0.497 e. The molecular formula is C28H31N3OS. The minimum atomic E-state index is 0.106. The molecule has 0 spiro atoms. The Hall–Kier alpha value is -3.05. The van der Waals surface area contributed by atoms with Crippen LogP contribution in [0, 0.1) is 13.8 Å². The molecule has 0 N–H and O–H groups in total. The second-order valence-electron chi connectivity index (χ2n) is 9.39. The summed E-state index contributed by atoms with van der Waals surface area (Å²) >= 11 is 1.71. The summed E-state index contributed by atoms with van der Waals surface area (Å²) in [5.41, 5.74) is 7.35. The van der Waals surface area contributed by atoms with Gasteiger partial charge in [0.2, 0.25) is 0 Å². The van der Waals surface area contributed by atoms with Crippen LogP contribution in [-0.4, -0.2) is 21.9 Å². The maximum Gasteiger partial charge on any atom is 0.196 e. The minimum absolute atomic E-state index is 0.106. The Morgan fingerprint density at radius 2 is 1.58 bits per heavy atom. The Balaban J connectivity index is 1.74. The van der Waals surface area contributed by atoms with E-state index in [0.717, 1.165) is 33.7 Å². The van der Waals surface area contributed by atoms with E-state index in [1.54, 1.807) is 18.9 Å². The van der Waals surface area contributed by atoms with E-state index in [4.69, 9.17) is 4.74 Å². The fourth-order valence-corrected chi connectivity index (χ4v) is 4.75. The van der Waals surface area contributed by atoms with Crippen molar-refractivity contribution in [2.45, 2.75) is 50.9 Å². The van der Waals surface area contributed by atoms with Crippen molar-refractivity contribution in [2.24, 2.45) is 0 Å². The van der Waals surface area contributed by atoms with E-state index in [2.05, 4.69) is 104 Å². The highest BCUT2D eigenvalue weighted by atomic mass is 32.2. The van der Waals surface area contributed by atoms with Crippen molar-refractivity contribution < 1.29 is 4.74 Å². The van der Waals surface area contributed by atoms with Crippen LogP contribution in [0.2, 0.25) is 0 Å². The maximum absolute atomic E-state index is 5.36. The molecular weight excluding hydrogens is 426 g/mol. The number of rotatable bonds is 6. The van der Waals surface area contributed by atoms with Crippen LogP contribution in [0.3, 0.4) is 0 Å². The minimum Gasteiger partial charge on any atom is -0.497 e. The highest BCUT2D eigenvalue weighted by molar-refractivity contribution is 7.98. The van der Waals surface area contributed by atoms with Crippen LogP contribution >= 0.6 is 11.8 Å². The zero-order chi connectivity index (χ0) is 23.6. The lowest BCUT2D eigenvalue weighted by atomic mass is 9.87. The molecule has 4 rings (SSSR count). The third-order valence-corrected chi connectivity index (χ3v) is 6.81. The van der Waals surface area contributed by atoms with Gasteiger partial charge in [0.05, 0.1) is 7.11 Å². The lowest BCUT2D eigenvalue weighted by molar-refractivity contribution is 0.414. The molecule has 170 valence electrons. The van der Waals surface area contributed by atoms with Crippen molar-refractivity contribution in [3.63, 3.8) is 0 Å². The van der Waals surface area contributed by atoms with Crippen LogP contribution in [0.25, 0.3) is 17.1 Å². The summed E-state index contributed by atoms with van der Waals surface area (Å²) in [5.74, 6) is 2.50. The van der Waals surface area contributed by atoms with Crippen LogP contribution in [0.5, 0.6) is 5.75 Å². The van der Waals surface area contributed by atoms with Crippen molar-refractivity contribution in [2.75, 3.05) is 7.11 Å². The SMILES string of the molecule is COc1ccc(-n2c(SCc3cc(C)ccc3C)nnc2-c2ccc(C(C)(C)C)cc2)cc1. The zero-order valence-corrected chi connectivity index (χ0v) is 21.0. The summed E-state index contributed by atoms with van der Waals surface area (Å²) in [5, 5.41) is 10.1. The lowest BCUT2D eigenvalue weighted by Crippen LogP contribution is -2.10. The van der Waals surface area contributed by atoms with Gasteiger partial charge >= 0.3 is 0 Å². The first-order valence-electron chi connectivity index (χ1n) is 11.2. The summed E-state index contributed by atoms with van der Waals surface area (Å²) in [6.07, 6.45) is 0. The van der Waals surface area contributed by atoms with E-state index < -0.39 is 0 Å². The van der Waals surface area contributed by atoms with E-state index in [-0.39, 0.29) is 5.41 Å². The molecule has 0 saturated carbocycles. The molecule has 5 heteroatoms. The zero-order valence-electron chi connectivity index (χ0n) is 20.2. The lowest BCUT2D eigenvalue weighted by Gasteiger charge is -2.19. The second-order valence-corrected chi connectivity index (χ2v) is 10.3. The number of nitrogens with zero attached hydrogens (tertiary/aromatic N) is 3. The third-order valence-electron chi connectivity index (χ3n) is 5.83. The molecule has 0 aliphatic rings. The average Bonchev–Trinajstić information content (AvgIpc) is 3.23. The number of ether oxygens (including phenoxy) is 1. The number of hydrogen-bond donors (Lipinski definition) is 0. The van der Waals surface area contributed by atoms with Gasteiger partial charge in [-0.15, -0.1) is 10.2 Å². The van der Waals surface area contributed by atoms with Crippen LogP contribution < -0.4 is 4.74 Å². The van der Waals surface area contributed by atoms with Gasteiger partial charge in [0.25, 0.3) is 0 Å². The van der Waals surface area contributed by atoms with Crippen LogP contribution in [0.4, 0.5) is 0 Å². The molecule has 0 fully saturated rings. The molecule has 0 aliphatic carbocycles. The van der Waals surface area contributed by atoms with E-state index in [0.29, 0.717) is 0 Å². The molecule has 0 bridgehead atoms. The topological polar surface area (TPSA) is 39.9 Å². The van der Waals surface area contributed by atoms with Gasteiger partial charge in [-0.3, -0.25) is 4.57 Å². The highest BCUT2D eigenvalue weighted by Gasteiger charge is 2.18. The maximum atomic E-state index is 5.36. The van der Waals surface area contributed by atoms with Gasteiger partial charge in [0.1, 0.15) is 5.75 Å². The number of thioether (sulfide) groups is 1. The molecule has 4 aromatic rings. The van der Waals surface area contributed by atoms with Gasteiger partial charge < -0.3 is 4.74 Å². The predicted octanol–water partition coefficient (Wildman–Crippen LogP) is 7.15. The Morgan fingerprint density at radius 3 is 2.21 bits per heavy atom. The molecule has 33 heavy (non-hydrogen) atoms. The normalized spacial score (nSPS) is 11.6. The predicted molar refractivity (Wildman–Crippen MR) is 138 cm³/mol. The molecule has 0 atom stereocenters. The molecule has 0 aliphatic heterocycles. The van der Waals surface area contributed by atoms with Crippen molar-refractivity contribution in [1.82, 2.24) is 14.8 Å². The molecule has 0 unspecified atom stereocenters. The van der Waals surface area contributed by atoms with Crippen molar-refractivity contribution in [3.05, 3.63) is 89.0 Å². The van der Waals surface area contributed by atoms with Crippen molar-refractivity contribution in [1.29, 1.82) is 0 Å². The number of aryl methyl sites for hydroxylation is 2. The molecule has 0 amide bonds. The number of aromatic nitrogens is 3.